The lowest BCUT2D eigenvalue weighted by Crippen LogP contribution is -2.61. The van der Waals surface area contributed by atoms with Crippen LogP contribution in [0.3, 0.4) is 0 Å². The molecule has 2 aliphatic rings. The fraction of sp³-hybridized carbons (Fsp3) is 0.462. The first-order chi connectivity index (χ1) is 19.0. The van der Waals surface area contributed by atoms with Gasteiger partial charge in [-0.2, -0.15) is 18.4 Å². The summed E-state index contributed by atoms with van der Waals surface area (Å²) >= 11 is 0. The number of carbonyl (C=O) groups is 1. The Morgan fingerprint density at radius 2 is 1.65 bits per heavy atom. The lowest BCUT2D eigenvalue weighted by molar-refractivity contribution is -0.140. The van der Waals surface area contributed by atoms with Crippen LogP contribution < -0.4 is 10.1 Å². The summed E-state index contributed by atoms with van der Waals surface area (Å²) in [7, 11) is -3.85. The molecule has 0 amide bonds. The van der Waals surface area contributed by atoms with Gasteiger partial charge in [0, 0.05) is 64.5 Å². The molecule has 2 aromatic carbocycles. The molecule has 10 nitrogen and oxygen atoms in total. The first kappa shape index (κ1) is 29.8. The van der Waals surface area contributed by atoms with E-state index in [2.05, 4.69) is 5.32 Å². The number of hydrogen-bond acceptors (Lipinski definition) is 9. The van der Waals surface area contributed by atoms with E-state index in [1.165, 1.54) is 24.3 Å². The van der Waals surface area contributed by atoms with Crippen molar-refractivity contribution in [2.45, 2.75) is 23.1 Å². The smallest absolute Gasteiger partial charge is 0.416 e. The van der Waals surface area contributed by atoms with Crippen LogP contribution in [0.15, 0.2) is 47.4 Å². The van der Waals surface area contributed by atoms with Gasteiger partial charge in [0.05, 0.1) is 22.1 Å². The van der Waals surface area contributed by atoms with Gasteiger partial charge >= 0.3 is 12.1 Å². The van der Waals surface area contributed by atoms with Crippen LogP contribution in [0.2, 0.25) is 0 Å². The summed E-state index contributed by atoms with van der Waals surface area (Å²) in [5.74, 6) is -1.19. The van der Waals surface area contributed by atoms with Crippen molar-refractivity contribution in [2.24, 2.45) is 0 Å². The molecule has 0 aliphatic carbocycles. The molecule has 1 unspecified atom stereocenters. The number of benzene rings is 2. The Balaban J connectivity index is 1.53. The topological polar surface area (TPSA) is 126 Å². The maximum atomic E-state index is 13.8. The van der Waals surface area contributed by atoms with Gasteiger partial charge in [0.15, 0.2) is 12.1 Å². The van der Waals surface area contributed by atoms with E-state index in [0.29, 0.717) is 57.9 Å². The predicted octanol–water partition coefficient (Wildman–Crippen LogP) is 1.82. The number of carboxylic acid groups (broad SMARTS) is 1. The molecule has 2 fully saturated rings. The quantitative estimate of drug-likeness (QED) is 0.453. The summed E-state index contributed by atoms with van der Waals surface area (Å²) in [4.78, 5) is 16.7. The fourth-order valence-electron chi connectivity index (χ4n) is 4.91. The highest BCUT2D eigenvalue weighted by molar-refractivity contribution is 7.92. The summed E-state index contributed by atoms with van der Waals surface area (Å²) in [6.07, 6.45) is -4.57. The van der Waals surface area contributed by atoms with Crippen LogP contribution in [0, 0.1) is 11.3 Å². The Hall–Kier alpha value is -3.22. The highest BCUT2D eigenvalue weighted by atomic mass is 32.2. The Labute approximate surface area is 230 Å². The Morgan fingerprint density at radius 3 is 2.23 bits per heavy atom. The molecule has 2 N–H and O–H groups in total. The minimum atomic E-state index is -4.57. The van der Waals surface area contributed by atoms with E-state index >= 15 is 0 Å². The molecule has 2 aromatic rings. The van der Waals surface area contributed by atoms with Crippen molar-refractivity contribution >= 4 is 15.8 Å². The van der Waals surface area contributed by atoms with Crippen LogP contribution in [0.4, 0.5) is 13.2 Å². The van der Waals surface area contributed by atoms with E-state index in [-0.39, 0.29) is 22.8 Å². The molecule has 1 atom stereocenters. The summed E-state index contributed by atoms with van der Waals surface area (Å²) in [5.41, 5.74) is -1.25. The van der Waals surface area contributed by atoms with Crippen LogP contribution in [-0.4, -0.2) is 98.7 Å². The Morgan fingerprint density at radius 1 is 1.02 bits per heavy atom. The molecule has 0 aromatic heterocycles. The predicted molar refractivity (Wildman–Crippen MR) is 138 cm³/mol. The number of aliphatic carboxylic acids is 1. The number of halogens is 3. The second kappa shape index (κ2) is 12.5. The summed E-state index contributed by atoms with van der Waals surface area (Å²) in [5, 5.41) is 21.3. The average molecular weight is 582 g/mol. The molecule has 0 bridgehead atoms. The molecule has 2 heterocycles. The summed E-state index contributed by atoms with van der Waals surface area (Å²) in [6.45, 7) is 3.13. The number of sulfone groups is 1. The third-order valence-electron chi connectivity index (χ3n) is 6.91. The van der Waals surface area contributed by atoms with Crippen molar-refractivity contribution in [3.8, 4) is 11.8 Å². The molecular weight excluding hydrogens is 551 g/mol. The molecule has 216 valence electrons. The maximum absolute atomic E-state index is 13.8. The number of ether oxygens (including phenoxy) is 1. The lowest BCUT2D eigenvalue weighted by Gasteiger charge is -2.44. The van der Waals surface area contributed by atoms with Crippen molar-refractivity contribution in [3.05, 3.63) is 59.2 Å². The summed E-state index contributed by atoms with van der Waals surface area (Å²) in [6, 6.07) is 10.7. The first-order valence-corrected chi connectivity index (χ1v) is 14.2. The van der Waals surface area contributed by atoms with Gasteiger partial charge in [-0.15, -0.1) is 0 Å². The van der Waals surface area contributed by atoms with Crippen molar-refractivity contribution in [1.82, 2.24) is 20.0 Å². The van der Waals surface area contributed by atoms with E-state index < -0.39 is 39.7 Å². The van der Waals surface area contributed by atoms with Gasteiger partial charge in [0.1, 0.15) is 5.75 Å². The second-order valence-corrected chi connectivity index (χ2v) is 11.6. The molecule has 2 saturated heterocycles. The molecule has 0 saturated carbocycles. The second-order valence-electron chi connectivity index (χ2n) is 9.61. The van der Waals surface area contributed by atoms with Gasteiger partial charge in [0.25, 0.3) is 0 Å². The van der Waals surface area contributed by atoms with E-state index in [4.69, 9.17) is 15.1 Å². The maximum Gasteiger partial charge on any atom is 0.416 e. The monoisotopic (exact) mass is 581 g/mol. The van der Waals surface area contributed by atoms with Crippen molar-refractivity contribution in [2.75, 3.05) is 59.0 Å². The Bertz CT molecular complexity index is 1330. The number of rotatable bonds is 9. The van der Waals surface area contributed by atoms with E-state index in [9.17, 15) is 26.4 Å². The van der Waals surface area contributed by atoms with E-state index in [1.54, 1.807) is 0 Å². The lowest BCUT2D eigenvalue weighted by atomic mass is 10.1. The first-order valence-electron chi connectivity index (χ1n) is 12.7. The van der Waals surface area contributed by atoms with Crippen LogP contribution in [0.1, 0.15) is 16.7 Å². The zero-order valence-corrected chi connectivity index (χ0v) is 22.4. The third kappa shape index (κ3) is 7.10. The SMILES string of the molecule is N#Cc1ccc(S(=O)(=O)C(N2CCNCC2)N2CCN(Cc3cc(C(F)(F)F)ccc3OCC(=O)O)CC2)cc1. The van der Waals surface area contributed by atoms with Crippen molar-refractivity contribution in [3.63, 3.8) is 0 Å². The minimum absolute atomic E-state index is 0.0555. The van der Waals surface area contributed by atoms with Gasteiger partial charge in [-0.1, -0.05) is 0 Å². The molecular formula is C26H30F3N5O5S. The van der Waals surface area contributed by atoms with Crippen LogP contribution in [0.5, 0.6) is 5.75 Å². The molecule has 2 aliphatic heterocycles. The number of nitriles is 1. The van der Waals surface area contributed by atoms with Crippen molar-refractivity contribution < 1.29 is 36.2 Å². The zero-order valence-electron chi connectivity index (χ0n) is 21.6. The van der Waals surface area contributed by atoms with Gasteiger partial charge < -0.3 is 15.2 Å². The van der Waals surface area contributed by atoms with Crippen LogP contribution >= 0.6 is 0 Å². The van der Waals surface area contributed by atoms with Crippen molar-refractivity contribution in [1.29, 1.82) is 5.26 Å². The zero-order chi connectivity index (χ0) is 28.9. The number of carboxylic acids is 1. The molecule has 0 radical (unpaired) electrons. The highest BCUT2D eigenvalue weighted by Crippen LogP contribution is 2.33. The van der Waals surface area contributed by atoms with Crippen LogP contribution in [-0.2, 0) is 27.4 Å². The van der Waals surface area contributed by atoms with E-state index in [1.807, 2.05) is 20.8 Å². The van der Waals surface area contributed by atoms with Crippen LogP contribution in [0.25, 0.3) is 0 Å². The standard InChI is InChI=1S/C26H30F3N5O5S/c27-26(28,29)21-3-6-23(39-18-24(35)36)20(15-21)17-32-11-13-34(14-12-32)25(33-9-7-31-8-10-33)40(37,38)22-4-1-19(16-30)2-5-22/h1-6,15,25,31H,7-14,17-18H2,(H,35,36). The fourth-order valence-corrected chi connectivity index (χ4v) is 6.88. The largest absolute Gasteiger partial charge is 0.482 e. The average Bonchev–Trinajstić information content (AvgIpc) is 2.93. The highest BCUT2D eigenvalue weighted by Gasteiger charge is 2.40. The minimum Gasteiger partial charge on any atom is -0.482 e. The van der Waals surface area contributed by atoms with Gasteiger partial charge in [-0.3, -0.25) is 14.7 Å². The van der Waals surface area contributed by atoms with Gasteiger partial charge in [0.2, 0.25) is 9.84 Å². The third-order valence-corrected chi connectivity index (χ3v) is 8.99. The molecule has 4 rings (SSSR count). The van der Waals surface area contributed by atoms with Gasteiger partial charge in [-0.05, 0) is 42.5 Å². The normalized spacial score (nSPS) is 18.6. The number of piperazine rings is 2. The van der Waals surface area contributed by atoms with E-state index in [0.717, 1.165) is 18.2 Å². The number of nitrogens with one attached hydrogen (secondary N) is 1. The Kier molecular flexibility index (Phi) is 9.32. The molecule has 40 heavy (non-hydrogen) atoms. The molecule has 14 heteroatoms. The number of nitrogens with zero attached hydrogens (tertiary/aromatic N) is 4. The number of hydrogen-bond donors (Lipinski definition) is 2. The molecule has 0 spiro atoms. The number of alkyl halides is 3. The van der Waals surface area contributed by atoms with Gasteiger partial charge in [-0.25, -0.2) is 13.2 Å². The summed E-state index contributed by atoms with van der Waals surface area (Å²) < 4.78 is 73.0.